The number of hydrogen-bond donors (Lipinski definition) is 1. The Hall–Kier alpha value is -1.72. The van der Waals surface area contributed by atoms with Crippen molar-refractivity contribution in [3.63, 3.8) is 0 Å². The molecule has 0 spiro atoms. The molecular weight excluding hydrogens is 333 g/mol. The standard InChI is InChI=1S/C16H15BrFN3/c1-21-14-7-6-10(17)8-12(14)16(20-9-15(21)19)11-4-2-3-5-13(11)18/h2-8,15H,9,19H2,1H3. The highest BCUT2D eigenvalue weighted by atomic mass is 79.9. The van der Waals surface area contributed by atoms with Gasteiger partial charge in [-0.25, -0.2) is 4.39 Å². The monoisotopic (exact) mass is 347 g/mol. The summed E-state index contributed by atoms with van der Waals surface area (Å²) in [5.41, 5.74) is 9.09. The Morgan fingerprint density at radius 1 is 1.24 bits per heavy atom. The van der Waals surface area contributed by atoms with E-state index in [1.54, 1.807) is 12.1 Å². The second kappa shape index (κ2) is 5.58. The highest BCUT2D eigenvalue weighted by Crippen LogP contribution is 2.30. The molecule has 3 nitrogen and oxygen atoms in total. The van der Waals surface area contributed by atoms with Gasteiger partial charge < -0.3 is 10.6 Å². The third kappa shape index (κ3) is 2.59. The van der Waals surface area contributed by atoms with Gasteiger partial charge in [-0.1, -0.05) is 28.1 Å². The Bertz CT molecular complexity index is 714. The molecule has 2 aromatic rings. The molecule has 2 aromatic carbocycles. The molecule has 21 heavy (non-hydrogen) atoms. The van der Waals surface area contributed by atoms with Crippen LogP contribution in [-0.4, -0.2) is 25.5 Å². The predicted molar refractivity (Wildman–Crippen MR) is 87.4 cm³/mol. The first-order valence-electron chi connectivity index (χ1n) is 6.65. The van der Waals surface area contributed by atoms with Crippen molar-refractivity contribution >= 4 is 27.3 Å². The Balaban J connectivity index is 2.24. The van der Waals surface area contributed by atoms with Crippen molar-refractivity contribution in [1.82, 2.24) is 0 Å². The Morgan fingerprint density at radius 3 is 2.76 bits per heavy atom. The second-order valence-corrected chi connectivity index (χ2v) is 5.92. The molecule has 1 heterocycles. The maximum Gasteiger partial charge on any atom is 0.132 e. The molecule has 1 aliphatic rings. The van der Waals surface area contributed by atoms with Gasteiger partial charge in [0.05, 0.1) is 18.4 Å². The van der Waals surface area contributed by atoms with E-state index in [1.807, 2.05) is 36.2 Å². The summed E-state index contributed by atoms with van der Waals surface area (Å²) < 4.78 is 15.1. The van der Waals surface area contributed by atoms with Crippen molar-refractivity contribution in [1.29, 1.82) is 0 Å². The summed E-state index contributed by atoms with van der Waals surface area (Å²) in [7, 11) is 1.93. The lowest BCUT2D eigenvalue weighted by molar-refractivity contribution is 0.625. The summed E-state index contributed by atoms with van der Waals surface area (Å²) in [6.07, 6.45) is -0.228. The van der Waals surface area contributed by atoms with Crippen molar-refractivity contribution < 1.29 is 4.39 Å². The van der Waals surface area contributed by atoms with E-state index in [9.17, 15) is 4.39 Å². The average Bonchev–Trinajstić information content (AvgIpc) is 2.59. The maximum atomic E-state index is 14.2. The SMILES string of the molecule is CN1c2ccc(Br)cc2C(c2ccccc2F)=NCC1N. The fraction of sp³-hybridized carbons (Fsp3) is 0.188. The molecule has 108 valence electrons. The minimum atomic E-state index is -0.277. The van der Waals surface area contributed by atoms with Crippen molar-refractivity contribution in [2.75, 3.05) is 18.5 Å². The number of hydrogen-bond acceptors (Lipinski definition) is 3. The quantitative estimate of drug-likeness (QED) is 0.860. The van der Waals surface area contributed by atoms with Gasteiger partial charge in [0.1, 0.15) is 5.82 Å². The molecule has 1 unspecified atom stereocenters. The van der Waals surface area contributed by atoms with Gasteiger partial charge in [-0.2, -0.15) is 0 Å². The molecule has 2 N–H and O–H groups in total. The van der Waals surface area contributed by atoms with Gasteiger partial charge in [-0.3, -0.25) is 4.99 Å². The number of benzodiazepines with no additional fused rings is 1. The third-order valence-corrected chi connectivity index (χ3v) is 4.15. The first kappa shape index (κ1) is 14.2. The maximum absolute atomic E-state index is 14.2. The fourth-order valence-corrected chi connectivity index (χ4v) is 2.82. The van der Waals surface area contributed by atoms with Crippen LogP contribution in [-0.2, 0) is 0 Å². The molecule has 0 radical (unpaired) electrons. The van der Waals surface area contributed by atoms with Crippen LogP contribution in [0.5, 0.6) is 0 Å². The molecule has 0 aliphatic carbocycles. The van der Waals surface area contributed by atoms with Crippen LogP contribution in [0.4, 0.5) is 10.1 Å². The summed E-state index contributed by atoms with van der Waals surface area (Å²) in [6.45, 7) is 0.423. The normalized spacial score (nSPS) is 18.0. The number of nitrogens with zero attached hydrogens (tertiary/aromatic N) is 2. The van der Waals surface area contributed by atoms with E-state index in [-0.39, 0.29) is 12.0 Å². The fourth-order valence-electron chi connectivity index (χ4n) is 2.46. The van der Waals surface area contributed by atoms with Crippen molar-refractivity contribution in [3.05, 3.63) is 63.9 Å². The van der Waals surface area contributed by atoms with Crippen LogP contribution in [0.3, 0.4) is 0 Å². The second-order valence-electron chi connectivity index (χ2n) is 5.01. The zero-order chi connectivity index (χ0) is 15.0. The first-order valence-corrected chi connectivity index (χ1v) is 7.45. The minimum absolute atomic E-state index is 0.228. The lowest BCUT2D eigenvalue weighted by atomic mass is 10.00. The van der Waals surface area contributed by atoms with Crippen LogP contribution < -0.4 is 10.6 Å². The number of halogens is 2. The number of benzene rings is 2. The highest BCUT2D eigenvalue weighted by Gasteiger charge is 2.23. The van der Waals surface area contributed by atoms with Crippen LogP contribution in [0, 0.1) is 5.82 Å². The summed E-state index contributed by atoms with van der Waals surface area (Å²) >= 11 is 3.47. The average molecular weight is 348 g/mol. The molecule has 1 atom stereocenters. The van der Waals surface area contributed by atoms with Crippen LogP contribution >= 0.6 is 15.9 Å². The van der Waals surface area contributed by atoms with Crippen LogP contribution in [0.25, 0.3) is 0 Å². The molecule has 0 saturated carbocycles. The minimum Gasteiger partial charge on any atom is -0.357 e. The zero-order valence-corrected chi connectivity index (χ0v) is 13.1. The number of nitrogens with two attached hydrogens (primary N) is 1. The van der Waals surface area contributed by atoms with Gasteiger partial charge in [0.2, 0.25) is 0 Å². The van der Waals surface area contributed by atoms with Crippen LogP contribution in [0.2, 0.25) is 0 Å². The molecule has 0 amide bonds. The van der Waals surface area contributed by atoms with E-state index in [1.165, 1.54) is 6.07 Å². The van der Waals surface area contributed by atoms with Gasteiger partial charge in [-0.05, 0) is 30.3 Å². The van der Waals surface area contributed by atoms with Gasteiger partial charge in [0.25, 0.3) is 0 Å². The summed E-state index contributed by atoms with van der Waals surface area (Å²) in [6, 6.07) is 12.6. The van der Waals surface area contributed by atoms with E-state index in [4.69, 9.17) is 5.73 Å². The van der Waals surface area contributed by atoms with E-state index in [0.29, 0.717) is 17.8 Å². The van der Waals surface area contributed by atoms with Gasteiger partial charge in [-0.15, -0.1) is 0 Å². The molecule has 3 rings (SSSR count). The van der Waals surface area contributed by atoms with Gasteiger partial charge >= 0.3 is 0 Å². The summed E-state index contributed by atoms with van der Waals surface area (Å²) in [5, 5.41) is 0. The van der Waals surface area contributed by atoms with Crippen molar-refractivity contribution in [2.45, 2.75) is 6.17 Å². The summed E-state index contributed by atoms with van der Waals surface area (Å²) in [4.78, 5) is 6.53. The van der Waals surface area contributed by atoms with Gasteiger partial charge in [0, 0.05) is 28.3 Å². The number of fused-ring (bicyclic) bond motifs is 1. The molecule has 0 fully saturated rings. The Kier molecular flexibility index (Phi) is 3.78. The molecule has 1 aliphatic heterocycles. The largest absolute Gasteiger partial charge is 0.357 e. The van der Waals surface area contributed by atoms with E-state index in [2.05, 4.69) is 20.9 Å². The van der Waals surface area contributed by atoms with E-state index < -0.39 is 0 Å². The number of likely N-dealkylation sites (N-methyl/N-ethyl adjacent to an activating group) is 1. The predicted octanol–water partition coefficient (Wildman–Crippen LogP) is 3.16. The number of aliphatic imine (C=N–C) groups is 1. The Morgan fingerprint density at radius 2 is 2.00 bits per heavy atom. The molecule has 0 saturated heterocycles. The van der Waals surface area contributed by atoms with Crippen molar-refractivity contribution in [3.8, 4) is 0 Å². The zero-order valence-electron chi connectivity index (χ0n) is 11.6. The third-order valence-electron chi connectivity index (χ3n) is 3.66. The van der Waals surface area contributed by atoms with E-state index in [0.717, 1.165) is 15.7 Å². The number of rotatable bonds is 1. The highest BCUT2D eigenvalue weighted by molar-refractivity contribution is 9.10. The van der Waals surface area contributed by atoms with Gasteiger partial charge in [0.15, 0.2) is 0 Å². The molecular formula is C16H15BrFN3. The van der Waals surface area contributed by atoms with Crippen LogP contribution in [0.1, 0.15) is 11.1 Å². The van der Waals surface area contributed by atoms with E-state index >= 15 is 0 Å². The smallest absolute Gasteiger partial charge is 0.132 e. The molecule has 0 bridgehead atoms. The van der Waals surface area contributed by atoms with Crippen LogP contribution in [0.15, 0.2) is 51.9 Å². The topological polar surface area (TPSA) is 41.6 Å². The van der Waals surface area contributed by atoms with Crippen molar-refractivity contribution in [2.24, 2.45) is 10.7 Å². The number of anilines is 1. The first-order chi connectivity index (χ1) is 10.1. The lowest BCUT2D eigenvalue weighted by Gasteiger charge is -2.25. The lowest BCUT2D eigenvalue weighted by Crippen LogP contribution is -2.41. The molecule has 0 aromatic heterocycles. The Labute approximate surface area is 131 Å². The summed E-state index contributed by atoms with van der Waals surface area (Å²) in [5.74, 6) is -0.277. The molecule has 5 heteroatoms.